The summed E-state index contributed by atoms with van der Waals surface area (Å²) in [7, 11) is 0. The first-order valence-corrected chi connectivity index (χ1v) is 9.15. The zero-order valence-electron chi connectivity index (χ0n) is 13.9. The van der Waals surface area contributed by atoms with E-state index in [1.165, 1.54) is 17.6 Å². The van der Waals surface area contributed by atoms with Gasteiger partial charge in [0.1, 0.15) is 6.17 Å². The fourth-order valence-corrected chi connectivity index (χ4v) is 3.87. The number of halogens is 2. The van der Waals surface area contributed by atoms with Crippen LogP contribution in [0.25, 0.3) is 5.57 Å². The highest BCUT2D eigenvalue weighted by Crippen LogP contribution is 2.50. The summed E-state index contributed by atoms with van der Waals surface area (Å²) >= 11 is 3.64. The Morgan fingerprint density at radius 1 is 1.35 bits per heavy atom. The monoisotopic (exact) mass is 375 g/mol. The number of alkyl halides is 1. The number of hydrogen-bond donors (Lipinski definition) is 0. The Morgan fingerprint density at radius 2 is 2.09 bits per heavy atom. The Balaban J connectivity index is 2.16. The summed E-state index contributed by atoms with van der Waals surface area (Å²) in [6, 6.07) is 3.91. The lowest BCUT2D eigenvalue weighted by atomic mass is 9.84. The highest BCUT2D eigenvalue weighted by molar-refractivity contribution is 9.11. The van der Waals surface area contributed by atoms with E-state index in [2.05, 4.69) is 53.0 Å². The van der Waals surface area contributed by atoms with Crippen LogP contribution >= 0.6 is 15.9 Å². The molecule has 0 saturated heterocycles. The van der Waals surface area contributed by atoms with Crippen LogP contribution in [0.4, 0.5) is 4.39 Å². The van der Waals surface area contributed by atoms with Gasteiger partial charge in [-0.25, -0.2) is 4.39 Å². The second kappa shape index (κ2) is 6.72. The molecular weight excluding hydrogens is 353 g/mol. The van der Waals surface area contributed by atoms with Crippen LogP contribution < -0.4 is 0 Å². The summed E-state index contributed by atoms with van der Waals surface area (Å²) < 4.78 is 14.8. The predicted molar refractivity (Wildman–Crippen MR) is 97.9 cm³/mol. The van der Waals surface area contributed by atoms with Gasteiger partial charge in [0, 0.05) is 10.7 Å². The lowest BCUT2D eigenvalue weighted by Crippen LogP contribution is -2.07. The van der Waals surface area contributed by atoms with Gasteiger partial charge in [-0.1, -0.05) is 47.5 Å². The van der Waals surface area contributed by atoms with Gasteiger partial charge in [0.05, 0.1) is 5.69 Å². The Kier molecular flexibility index (Phi) is 4.86. The maximum Gasteiger partial charge on any atom is 0.139 e. The van der Waals surface area contributed by atoms with Crippen LogP contribution in [0.5, 0.6) is 0 Å². The largest absolute Gasteiger partial charge is 0.258 e. The van der Waals surface area contributed by atoms with Gasteiger partial charge in [-0.2, -0.15) is 0 Å². The highest BCUT2D eigenvalue weighted by Gasteiger charge is 2.39. The van der Waals surface area contributed by atoms with Crippen molar-refractivity contribution in [3.8, 4) is 0 Å². The molecule has 0 amide bonds. The van der Waals surface area contributed by atoms with Gasteiger partial charge in [-0.3, -0.25) is 4.98 Å². The minimum atomic E-state index is -1.04. The van der Waals surface area contributed by atoms with Gasteiger partial charge in [0.25, 0.3) is 0 Å². The summed E-state index contributed by atoms with van der Waals surface area (Å²) in [5, 5.41) is 0. The summed E-state index contributed by atoms with van der Waals surface area (Å²) in [6.45, 7) is 6.16. The zero-order chi connectivity index (χ0) is 16.6. The molecule has 122 valence electrons. The van der Waals surface area contributed by atoms with Crippen LogP contribution in [-0.4, -0.2) is 4.98 Å². The van der Waals surface area contributed by atoms with Crippen LogP contribution in [0.2, 0.25) is 0 Å². The van der Waals surface area contributed by atoms with E-state index in [-0.39, 0.29) is 0 Å². The van der Waals surface area contributed by atoms with Crippen molar-refractivity contribution >= 4 is 21.5 Å². The van der Waals surface area contributed by atoms with Crippen molar-refractivity contribution in [1.29, 1.82) is 0 Å². The topological polar surface area (TPSA) is 12.9 Å². The van der Waals surface area contributed by atoms with E-state index in [1.54, 1.807) is 13.1 Å². The molecule has 3 rings (SSSR count). The number of pyridine rings is 1. The first-order chi connectivity index (χ1) is 11.0. The van der Waals surface area contributed by atoms with E-state index in [9.17, 15) is 4.39 Å². The SMILES string of the molecule is CC1C/C=C/C(Br)=C\C(c2ccnc(C(C)F)c2)=C/1C1CC1C. The van der Waals surface area contributed by atoms with Gasteiger partial charge >= 0.3 is 0 Å². The quantitative estimate of drug-likeness (QED) is 0.595. The number of aromatic nitrogens is 1. The number of nitrogens with zero attached hydrogens (tertiary/aromatic N) is 1. The van der Waals surface area contributed by atoms with E-state index in [0.717, 1.165) is 22.4 Å². The molecule has 23 heavy (non-hydrogen) atoms. The molecule has 2 aliphatic carbocycles. The van der Waals surface area contributed by atoms with Crippen molar-refractivity contribution in [3.63, 3.8) is 0 Å². The molecule has 1 heterocycles. The second-order valence-corrected chi connectivity index (χ2v) is 7.76. The lowest BCUT2D eigenvalue weighted by Gasteiger charge is -2.21. The molecule has 0 spiro atoms. The molecule has 0 radical (unpaired) electrons. The molecular formula is C20H23BrFN. The maximum absolute atomic E-state index is 13.7. The average molecular weight is 376 g/mol. The third-order valence-corrected chi connectivity index (χ3v) is 5.39. The molecule has 4 atom stereocenters. The zero-order valence-corrected chi connectivity index (χ0v) is 15.5. The fourth-order valence-electron chi connectivity index (χ4n) is 3.45. The number of allylic oxidation sites excluding steroid dienone is 6. The highest BCUT2D eigenvalue weighted by atomic mass is 79.9. The van der Waals surface area contributed by atoms with Gasteiger partial charge in [-0.05, 0) is 66.9 Å². The smallest absolute Gasteiger partial charge is 0.139 e. The Hall–Kier alpha value is -1.22. The van der Waals surface area contributed by atoms with E-state index >= 15 is 0 Å². The van der Waals surface area contributed by atoms with E-state index in [4.69, 9.17) is 0 Å². The molecule has 3 heteroatoms. The molecule has 1 aromatic heterocycles. The van der Waals surface area contributed by atoms with Gasteiger partial charge in [0.15, 0.2) is 0 Å². The Bertz CT molecular complexity index is 687. The Morgan fingerprint density at radius 3 is 2.74 bits per heavy atom. The minimum absolute atomic E-state index is 0.507. The molecule has 0 N–H and O–H groups in total. The van der Waals surface area contributed by atoms with Gasteiger partial charge < -0.3 is 0 Å². The number of rotatable bonds is 3. The van der Waals surface area contributed by atoms with Crippen molar-refractivity contribution in [1.82, 2.24) is 4.98 Å². The molecule has 0 bridgehead atoms. The summed E-state index contributed by atoms with van der Waals surface area (Å²) in [6.07, 6.45) is 9.52. The van der Waals surface area contributed by atoms with Crippen molar-refractivity contribution in [3.05, 3.63) is 57.9 Å². The standard InChI is InChI=1S/C20H23BrFN/c1-12-5-4-6-16(21)11-18(20(12)17-9-13(17)2)15-7-8-23-19(10-15)14(3)22/h4,6-8,10-14,17H,5,9H2,1-3H3/b6-4+,16-11+,20-18-. The molecule has 1 fully saturated rings. The van der Waals surface area contributed by atoms with Crippen molar-refractivity contribution < 1.29 is 4.39 Å². The van der Waals surface area contributed by atoms with Crippen LogP contribution in [0.15, 0.2) is 46.6 Å². The predicted octanol–water partition coefficient (Wildman–Crippen LogP) is 6.40. The molecule has 0 aliphatic heterocycles. The van der Waals surface area contributed by atoms with Crippen molar-refractivity contribution in [2.45, 2.75) is 39.8 Å². The van der Waals surface area contributed by atoms with E-state index < -0.39 is 6.17 Å². The van der Waals surface area contributed by atoms with Crippen LogP contribution in [0.1, 0.15) is 51.0 Å². The Labute approximate surface area is 146 Å². The minimum Gasteiger partial charge on any atom is -0.258 e. The van der Waals surface area contributed by atoms with E-state index in [1.807, 2.05) is 12.1 Å². The molecule has 2 aliphatic rings. The molecule has 4 unspecified atom stereocenters. The van der Waals surface area contributed by atoms with Gasteiger partial charge in [0.2, 0.25) is 0 Å². The molecule has 1 aromatic rings. The van der Waals surface area contributed by atoms with Crippen molar-refractivity contribution in [2.24, 2.45) is 17.8 Å². The molecule has 1 nitrogen and oxygen atoms in total. The summed E-state index contributed by atoms with van der Waals surface area (Å²) in [5.74, 6) is 1.91. The first-order valence-electron chi connectivity index (χ1n) is 8.35. The lowest BCUT2D eigenvalue weighted by molar-refractivity contribution is 0.366. The fraction of sp³-hybridized carbons (Fsp3) is 0.450. The average Bonchev–Trinajstić information content (AvgIpc) is 3.21. The molecule has 0 aromatic carbocycles. The van der Waals surface area contributed by atoms with E-state index in [0.29, 0.717) is 17.5 Å². The summed E-state index contributed by atoms with van der Waals surface area (Å²) in [4.78, 5) is 4.17. The maximum atomic E-state index is 13.7. The van der Waals surface area contributed by atoms with Crippen LogP contribution in [-0.2, 0) is 0 Å². The first kappa shape index (κ1) is 16.6. The molecule has 1 saturated carbocycles. The normalized spacial score (nSPS) is 35.7. The van der Waals surface area contributed by atoms with Crippen LogP contribution in [0, 0.1) is 17.8 Å². The second-order valence-electron chi connectivity index (χ2n) is 6.84. The third kappa shape index (κ3) is 3.65. The number of hydrogen-bond acceptors (Lipinski definition) is 1. The van der Waals surface area contributed by atoms with Gasteiger partial charge in [-0.15, -0.1) is 0 Å². The third-order valence-electron chi connectivity index (χ3n) is 4.90. The summed E-state index contributed by atoms with van der Waals surface area (Å²) in [5.41, 5.74) is 4.34. The van der Waals surface area contributed by atoms with Crippen LogP contribution in [0.3, 0.4) is 0 Å². The van der Waals surface area contributed by atoms with Crippen molar-refractivity contribution in [2.75, 3.05) is 0 Å².